The lowest BCUT2D eigenvalue weighted by Gasteiger charge is -2.26. The van der Waals surface area contributed by atoms with Gasteiger partial charge in [0.05, 0.1) is 12.5 Å². The van der Waals surface area contributed by atoms with Gasteiger partial charge in [-0.1, -0.05) is 42.5 Å². The van der Waals surface area contributed by atoms with E-state index in [1.807, 2.05) is 0 Å². The van der Waals surface area contributed by atoms with Crippen LogP contribution in [-0.2, 0) is 16.1 Å². The first-order valence-electron chi connectivity index (χ1n) is 8.18. The van der Waals surface area contributed by atoms with Crippen LogP contribution in [0.4, 0.5) is 0 Å². The highest BCUT2D eigenvalue weighted by Crippen LogP contribution is 2.32. The lowest BCUT2D eigenvalue weighted by atomic mass is 10.0. The Morgan fingerprint density at radius 3 is 2.68 bits per heavy atom. The maximum atomic E-state index is 12.8. The molecular formula is C19H21NO2. The minimum atomic E-state index is 0.0653. The van der Waals surface area contributed by atoms with E-state index in [-0.39, 0.29) is 11.8 Å². The zero-order valence-corrected chi connectivity index (χ0v) is 12.7. The molecule has 0 radical (unpaired) electrons. The van der Waals surface area contributed by atoms with E-state index in [0.29, 0.717) is 12.6 Å². The summed E-state index contributed by atoms with van der Waals surface area (Å²) in [5, 5.41) is 2.50. The van der Waals surface area contributed by atoms with Gasteiger partial charge in [0.15, 0.2) is 0 Å². The van der Waals surface area contributed by atoms with E-state index in [1.165, 1.54) is 16.3 Å². The first-order valence-corrected chi connectivity index (χ1v) is 8.18. The summed E-state index contributed by atoms with van der Waals surface area (Å²) in [5.41, 5.74) is 1.25. The Hall–Kier alpha value is -1.87. The van der Waals surface area contributed by atoms with Gasteiger partial charge in [-0.25, -0.2) is 0 Å². The summed E-state index contributed by atoms with van der Waals surface area (Å²) in [6.07, 6.45) is 3.16. The number of hydrogen-bond acceptors (Lipinski definition) is 2. The van der Waals surface area contributed by atoms with Gasteiger partial charge in [0, 0.05) is 19.2 Å². The predicted molar refractivity (Wildman–Crippen MR) is 86.4 cm³/mol. The zero-order chi connectivity index (χ0) is 14.9. The van der Waals surface area contributed by atoms with Crippen LogP contribution in [0, 0.1) is 5.92 Å². The molecule has 114 valence electrons. The zero-order valence-electron chi connectivity index (χ0n) is 12.7. The SMILES string of the molecule is O=C([C@@H]1CCOC1)N(Cc1cccc2ccccc12)C1CC1. The van der Waals surface area contributed by atoms with Crippen LogP contribution in [0.25, 0.3) is 10.8 Å². The summed E-state index contributed by atoms with van der Waals surface area (Å²) in [5.74, 6) is 0.350. The Morgan fingerprint density at radius 1 is 1.09 bits per heavy atom. The number of carbonyl (C=O) groups is 1. The molecule has 1 saturated carbocycles. The van der Waals surface area contributed by atoms with E-state index in [9.17, 15) is 4.79 Å². The summed E-state index contributed by atoms with van der Waals surface area (Å²) in [6.45, 7) is 2.04. The van der Waals surface area contributed by atoms with Gasteiger partial charge in [-0.3, -0.25) is 4.79 Å². The maximum Gasteiger partial charge on any atom is 0.228 e. The van der Waals surface area contributed by atoms with Crippen molar-refractivity contribution in [3.05, 3.63) is 48.0 Å². The van der Waals surface area contributed by atoms with Gasteiger partial charge in [0.2, 0.25) is 5.91 Å². The van der Waals surface area contributed by atoms with Gasteiger partial charge < -0.3 is 9.64 Å². The van der Waals surface area contributed by atoms with E-state index in [0.717, 1.165) is 32.4 Å². The Balaban J connectivity index is 1.62. The molecule has 0 bridgehead atoms. The van der Waals surface area contributed by atoms with Crippen LogP contribution in [0.5, 0.6) is 0 Å². The van der Waals surface area contributed by atoms with Crippen molar-refractivity contribution in [2.24, 2.45) is 5.92 Å². The second-order valence-corrected chi connectivity index (χ2v) is 6.40. The van der Waals surface area contributed by atoms with Crippen molar-refractivity contribution in [1.29, 1.82) is 0 Å². The van der Waals surface area contributed by atoms with Crippen molar-refractivity contribution in [1.82, 2.24) is 4.90 Å². The van der Waals surface area contributed by atoms with E-state index in [2.05, 4.69) is 47.4 Å². The lowest BCUT2D eigenvalue weighted by molar-refractivity contribution is -0.136. The number of carbonyl (C=O) groups excluding carboxylic acids is 1. The van der Waals surface area contributed by atoms with E-state index >= 15 is 0 Å². The molecule has 1 heterocycles. The molecule has 1 saturated heterocycles. The number of fused-ring (bicyclic) bond motifs is 1. The second kappa shape index (κ2) is 5.73. The third-order valence-corrected chi connectivity index (χ3v) is 4.77. The molecule has 1 aliphatic carbocycles. The minimum Gasteiger partial charge on any atom is -0.381 e. The molecule has 1 atom stereocenters. The first-order chi connectivity index (χ1) is 10.8. The first kappa shape index (κ1) is 13.8. The Labute approximate surface area is 130 Å². The smallest absolute Gasteiger partial charge is 0.228 e. The molecule has 2 aromatic carbocycles. The predicted octanol–water partition coefficient (Wildman–Crippen LogP) is 3.37. The van der Waals surface area contributed by atoms with Crippen LogP contribution in [0.2, 0.25) is 0 Å². The third kappa shape index (κ3) is 2.61. The Morgan fingerprint density at radius 2 is 1.91 bits per heavy atom. The van der Waals surface area contributed by atoms with Gasteiger partial charge in [0.1, 0.15) is 0 Å². The van der Waals surface area contributed by atoms with Crippen molar-refractivity contribution in [3.8, 4) is 0 Å². The van der Waals surface area contributed by atoms with Crippen molar-refractivity contribution < 1.29 is 9.53 Å². The summed E-state index contributed by atoms with van der Waals surface area (Å²) in [4.78, 5) is 14.9. The third-order valence-electron chi connectivity index (χ3n) is 4.77. The highest BCUT2D eigenvalue weighted by atomic mass is 16.5. The fourth-order valence-electron chi connectivity index (χ4n) is 3.35. The van der Waals surface area contributed by atoms with Gasteiger partial charge in [-0.05, 0) is 35.6 Å². The molecule has 3 heteroatoms. The molecule has 0 N–H and O–H groups in total. The normalized spacial score (nSPS) is 21.2. The Kier molecular flexibility index (Phi) is 3.59. The van der Waals surface area contributed by atoms with E-state index in [4.69, 9.17) is 4.74 Å². The maximum absolute atomic E-state index is 12.8. The highest BCUT2D eigenvalue weighted by Gasteiger charge is 2.37. The van der Waals surface area contributed by atoms with Crippen LogP contribution in [0.15, 0.2) is 42.5 Å². The molecule has 2 aromatic rings. The monoisotopic (exact) mass is 295 g/mol. The van der Waals surface area contributed by atoms with Crippen LogP contribution in [0.1, 0.15) is 24.8 Å². The molecule has 3 nitrogen and oxygen atoms in total. The standard InChI is InChI=1S/C19H21NO2/c21-19(16-10-11-22-13-16)20(17-8-9-17)12-15-6-3-5-14-4-1-2-7-18(14)15/h1-7,16-17H,8-13H2/t16-/m1/s1. The number of amides is 1. The minimum absolute atomic E-state index is 0.0653. The number of benzene rings is 2. The van der Waals surface area contributed by atoms with Gasteiger partial charge in [0.25, 0.3) is 0 Å². The van der Waals surface area contributed by atoms with Gasteiger partial charge in [-0.15, -0.1) is 0 Å². The topological polar surface area (TPSA) is 29.5 Å². The number of nitrogens with zero attached hydrogens (tertiary/aromatic N) is 1. The van der Waals surface area contributed by atoms with Crippen LogP contribution in [-0.4, -0.2) is 30.1 Å². The fraction of sp³-hybridized carbons (Fsp3) is 0.421. The molecule has 1 amide bonds. The van der Waals surface area contributed by atoms with Crippen molar-refractivity contribution in [3.63, 3.8) is 0 Å². The van der Waals surface area contributed by atoms with Crippen molar-refractivity contribution in [2.45, 2.75) is 31.8 Å². The quantitative estimate of drug-likeness (QED) is 0.865. The largest absolute Gasteiger partial charge is 0.381 e. The molecule has 22 heavy (non-hydrogen) atoms. The summed E-state index contributed by atoms with van der Waals surface area (Å²) < 4.78 is 5.40. The highest BCUT2D eigenvalue weighted by molar-refractivity contribution is 5.86. The molecule has 0 aromatic heterocycles. The lowest BCUT2D eigenvalue weighted by Crippen LogP contribution is -2.37. The number of rotatable bonds is 4. The number of hydrogen-bond donors (Lipinski definition) is 0. The summed E-state index contributed by atoms with van der Waals surface area (Å²) in [6, 6.07) is 15.2. The van der Waals surface area contributed by atoms with E-state index < -0.39 is 0 Å². The van der Waals surface area contributed by atoms with Crippen molar-refractivity contribution in [2.75, 3.05) is 13.2 Å². The molecular weight excluding hydrogens is 274 g/mol. The van der Waals surface area contributed by atoms with Crippen molar-refractivity contribution >= 4 is 16.7 Å². The molecule has 2 fully saturated rings. The van der Waals surface area contributed by atoms with E-state index in [1.54, 1.807) is 0 Å². The van der Waals surface area contributed by atoms with Gasteiger partial charge >= 0.3 is 0 Å². The molecule has 1 aliphatic heterocycles. The average Bonchev–Trinajstić information content (AvgIpc) is 3.25. The average molecular weight is 295 g/mol. The fourth-order valence-corrected chi connectivity index (χ4v) is 3.35. The summed E-state index contributed by atoms with van der Waals surface area (Å²) in [7, 11) is 0. The molecule has 0 unspecified atom stereocenters. The molecule has 0 spiro atoms. The summed E-state index contributed by atoms with van der Waals surface area (Å²) >= 11 is 0. The van der Waals surface area contributed by atoms with Crippen LogP contribution < -0.4 is 0 Å². The number of ether oxygens (including phenoxy) is 1. The molecule has 2 aliphatic rings. The Bertz CT molecular complexity index is 681. The van der Waals surface area contributed by atoms with Gasteiger partial charge in [-0.2, -0.15) is 0 Å². The second-order valence-electron chi connectivity index (χ2n) is 6.40. The van der Waals surface area contributed by atoms with Crippen LogP contribution in [0.3, 0.4) is 0 Å². The molecule has 4 rings (SSSR count). The van der Waals surface area contributed by atoms with Crippen LogP contribution >= 0.6 is 0 Å².